The van der Waals surface area contributed by atoms with Crippen LogP contribution < -0.4 is 9.47 Å². The summed E-state index contributed by atoms with van der Waals surface area (Å²) in [5.41, 5.74) is 2.69. The van der Waals surface area contributed by atoms with Crippen LogP contribution in [0, 0.1) is 0 Å². The molecule has 0 amide bonds. The largest absolute Gasteiger partial charge is 0.497 e. The van der Waals surface area contributed by atoms with Gasteiger partial charge in [-0.05, 0) is 54.1 Å². The molecule has 0 spiro atoms. The second-order valence-corrected chi connectivity index (χ2v) is 7.98. The number of ether oxygens (including phenoxy) is 2. The second kappa shape index (κ2) is 10.2. The molecule has 1 heterocycles. The van der Waals surface area contributed by atoms with Crippen LogP contribution in [0.4, 0.5) is 0 Å². The topological polar surface area (TPSA) is 66.2 Å². The first kappa shape index (κ1) is 21.6. The number of hydrogen-bond acceptors (Lipinski definition) is 6. The molecule has 0 aliphatic carbocycles. The van der Waals surface area contributed by atoms with Crippen molar-refractivity contribution in [2.45, 2.75) is 11.6 Å². The molecule has 0 saturated carbocycles. The third kappa shape index (κ3) is 5.00. The lowest BCUT2D eigenvalue weighted by atomic mass is 10.1. The Kier molecular flexibility index (Phi) is 6.87. The van der Waals surface area contributed by atoms with E-state index in [2.05, 4.69) is 22.3 Å². The summed E-state index contributed by atoms with van der Waals surface area (Å²) in [4.78, 5) is 12.7. The molecule has 7 heteroatoms. The number of rotatable bonds is 9. The number of ketones is 1. The van der Waals surface area contributed by atoms with Crippen molar-refractivity contribution in [3.63, 3.8) is 0 Å². The number of methoxy groups -OCH3 is 2. The number of aromatic nitrogens is 3. The average Bonchev–Trinajstić information content (AvgIpc) is 3.25. The Morgan fingerprint density at radius 3 is 2.09 bits per heavy atom. The Hall–Kier alpha value is -3.58. The number of nitrogens with zero attached hydrogens (tertiary/aromatic N) is 3. The predicted molar refractivity (Wildman–Crippen MR) is 125 cm³/mol. The first-order chi connectivity index (χ1) is 15.7. The van der Waals surface area contributed by atoms with Crippen LogP contribution in [0.3, 0.4) is 0 Å². The van der Waals surface area contributed by atoms with E-state index in [1.54, 1.807) is 38.5 Å². The van der Waals surface area contributed by atoms with Crippen molar-refractivity contribution >= 4 is 17.5 Å². The molecule has 0 unspecified atom stereocenters. The van der Waals surface area contributed by atoms with E-state index in [9.17, 15) is 4.79 Å². The summed E-state index contributed by atoms with van der Waals surface area (Å²) in [7, 11) is 3.24. The number of benzene rings is 3. The van der Waals surface area contributed by atoms with Crippen LogP contribution in [0.1, 0.15) is 21.7 Å². The molecule has 0 aliphatic rings. The van der Waals surface area contributed by atoms with Crippen LogP contribution in [-0.4, -0.2) is 40.5 Å². The number of hydrogen-bond donors (Lipinski definition) is 0. The van der Waals surface area contributed by atoms with Gasteiger partial charge in [-0.1, -0.05) is 42.1 Å². The van der Waals surface area contributed by atoms with E-state index in [0.717, 1.165) is 28.6 Å². The molecular formula is C25H23N3O3S. The molecule has 0 atom stereocenters. The van der Waals surface area contributed by atoms with Gasteiger partial charge in [0.25, 0.3) is 0 Å². The van der Waals surface area contributed by atoms with E-state index < -0.39 is 0 Å². The third-order valence-corrected chi connectivity index (χ3v) is 5.91. The minimum Gasteiger partial charge on any atom is -0.497 e. The Balaban J connectivity index is 1.59. The minimum absolute atomic E-state index is 0.0199. The second-order valence-electron chi connectivity index (χ2n) is 7.03. The molecule has 4 rings (SSSR count). The smallest absolute Gasteiger partial charge is 0.196 e. The summed E-state index contributed by atoms with van der Waals surface area (Å²) >= 11 is 1.37. The van der Waals surface area contributed by atoms with Gasteiger partial charge in [-0.3, -0.25) is 9.36 Å². The standard InChI is InChI=1S/C25H23N3O3S/c1-30-21-12-8-19(9-13-21)23(29)17-32-25-27-26-24(16-18-6-4-3-5-7-18)28(25)20-10-14-22(31-2)15-11-20/h3-15H,16-17H2,1-2H3. The number of thioether (sulfide) groups is 1. The lowest BCUT2D eigenvalue weighted by Crippen LogP contribution is -2.06. The summed E-state index contributed by atoms with van der Waals surface area (Å²) in [6.45, 7) is 0. The van der Waals surface area contributed by atoms with E-state index in [1.807, 2.05) is 47.0 Å². The van der Waals surface area contributed by atoms with E-state index in [0.29, 0.717) is 17.1 Å². The average molecular weight is 446 g/mol. The van der Waals surface area contributed by atoms with Crippen LogP contribution in [0.25, 0.3) is 5.69 Å². The lowest BCUT2D eigenvalue weighted by molar-refractivity contribution is 0.102. The monoisotopic (exact) mass is 445 g/mol. The molecule has 6 nitrogen and oxygen atoms in total. The van der Waals surface area contributed by atoms with E-state index in [4.69, 9.17) is 9.47 Å². The normalized spacial score (nSPS) is 10.7. The zero-order valence-corrected chi connectivity index (χ0v) is 18.7. The van der Waals surface area contributed by atoms with Crippen molar-refractivity contribution < 1.29 is 14.3 Å². The summed E-state index contributed by atoms with van der Waals surface area (Å²) < 4.78 is 12.5. The molecular weight excluding hydrogens is 422 g/mol. The fraction of sp³-hybridized carbons (Fsp3) is 0.160. The fourth-order valence-corrected chi connectivity index (χ4v) is 4.13. The van der Waals surface area contributed by atoms with Crippen molar-refractivity contribution in [1.29, 1.82) is 0 Å². The van der Waals surface area contributed by atoms with E-state index >= 15 is 0 Å². The summed E-state index contributed by atoms with van der Waals surface area (Å²) in [5, 5.41) is 9.50. The first-order valence-electron chi connectivity index (χ1n) is 10.1. The van der Waals surface area contributed by atoms with E-state index in [-0.39, 0.29) is 11.5 Å². The minimum atomic E-state index is 0.0199. The van der Waals surface area contributed by atoms with Gasteiger partial charge in [0.2, 0.25) is 0 Å². The van der Waals surface area contributed by atoms with Crippen molar-refractivity contribution in [2.24, 2.45) is 0 Å². The molecule has 32 heavy (non-hydrogen) atoms. The Morgan fingerprint density at radius 2 is 1.47 bits per heavy atom. The van der Waals surface area contributed by atoms with Gasteiger partial charge in [0.1, 0.15) is 17.3 Å². The molecule has 0 saturated heterocycles. The Labute approximate surface area is 191 Å². The highest BCUT2D eigenvalue weighted by atomic mass is 32.2. The molecule has 0 fully saturated rings. The van der Waals surface area contributed by atoms with Crippen molar-refractivity contribution in [1.82, 2.24) is 14.8 Å². The number of carbonyl (C=O) groups excluding carboxylic acids is 1. The van der Waals surface area contributed by atoms with Gasteiger partial charge in [-0.25, -0.2) is 0 Å². The molecule has 4 aromatic rings. The predicted octanol–water partition coefficient (Wildman–Crippen LogP) is 4.85. The number of carbonyl (C=O) groups is 1. The zero-order valence-electron chi connectivity index (χ0n) is 17.9. The molecule has 0 bridgehead atoms. The molecule has 1 aromatic heterocycles. The zero-order chi connectivity index (χ0) is 22.3. The fourth-order valence-electron chi connectivity index (χ4n) is 3.27. The molecule has 0 N–H and O–H groups in total. The van der Waals surface area contributed by atoms with Gasteiger partial charge in [-0.15, -0.1) is 10.2 Å². The summed E-state index contributed by atoms with van der Waals surface area (Å²) in [6.07, 6.45) is 0.632. The molecule has 0 radical (unpaired) electrons. The van der Waals surface area contributed by atoms with Gasteiger partial charge in [0.05, 0.1) is 20.0 Å². The van der Waals surface area contributed by atoms with Crippen LogP contribution in [0.5, 0.6) is 11.5 Å². The lowest BCUT2D eigenvalue weighted by Gasteiger charge is -2.11. The van der Waals surface area contributed by atoms with Crippen molar-refractivity contribution in [2.75, 3.05) is 20.0 Å². The Bertz CT molecular complexity index is 1170. The molecule has 162 valence electrons. The maximum atomic E-state index is 12.7. The molecule has 0 aliphatic heterocycles. The van der Waals surface area contributed by atoms with Gasteiger partial charge in [0, 0.05) is 17.7 Å². The van der Waals surface area contributed by atoms with E-state index in [1.165, 1.54) is 11.8 Å². The number of Topliss-reactive ketones (excluding diaryl/α,β-unsaturated/α-hetero) is 1. The quantitative estimate of drug-likeness (QED) is 0.271. The SMILES string of the molecule is COc1ccc(C(=O)CSc2nnc(Cc3ccccc3)n2-c2ccc(OC)cc2)cc1. The van der Waals surface area contributed by atoms with Crippen LogP contribution in [0.15, 0.2) is 84.0 Å². The van der Waals surface area contributed by atoms with Crippen LogP contribution >= 0.6 is 11.8 Å². The maximum absolute atomic E-state index is 12.7. The third-order valence-electron chi connectivity index (χ3n) is 4.98. The van der Waals surface area contributed by atoms with Gasteiger partial charge < -0.3 is 9.47 Å². The van der Waals surface area contributed by atoms with Gasteiger partial charge in [-0.2, -0.15) is 0 Å². The highest BCUT2D eigenvalue weighted by Gasteiger charge is 2.17. The Morgan fingerprint density at radius 1 is 0.844 bits per heavy atom. The summed E-state index contributed by atoms with van der Waals surface area (Å²) in [5.74, 6) is 2.58. The maximum Gasteiger partial charge on any atom is 0.196 e. The summed E-state index contributed by atoms with van der Waals surface area (Å²) in [6, 6.07) is 25.0. The highest BCUT2D eigenvalue weighted by molar-refractivity contribution is 7.99. The van der Waals surface area contributed by atoms with Crippen LogP contribution in [0.2, 0.25) is 0 Å². The highest BCUT2D eigenvalue weighted by Crippen LogP contribution is 2.26. The van der Waals surface area contributed by atoms with Crippen LogP contribution in [-0.2, 0) is 6.42 Å². The first-order valence-corrected chi connectivity index (χ1v) is 11.1. The van der Waals surface area contributed by atoms with Crippen molar-refractivity contribution in [3.05, 3.63) is 95.8 Å². The van der Waals surface area contributed by atoms with Gasteiger partial charge >= 0.3 is 0 Å². The molecule has 3 aromatic carbocycles. The van der Waals surface area contributed by atoms with Gasteiger partial charge in [0.15, 0.2) is 10.9 Å². The van der Waals surface area contributed by atoms with Crippen molar-refractivity contribution in [3.8, 4) is 17.2 Å².